The van der Waals surface area contributed by atoms with Gasteiger partial charge in [0.1, 0.15) is 19.3 Å². The number of unbranched alkanes of at least 4 members (excludes halogenated alkanes) is 12. The lowest BCUT2D eigenvalue weighted by molar-refractivity contribution is -0.152. The number of phosphoric ester groups is 1. The largest absolute Gasteiger partial charge is 0.475 e. The zero-order valence-corrected chi connectivity index (χ0v) is 46.4. The fourth-order valence-corrected chi connectivity index (χ4v) is 35.4. The third-order valence-corrected chi connectivity index (χ3v) is 31.0. The van der Waals surface area contributed by atoms with Crippen molar-refractivity contribution in [2.24, 2.45) is 0 Å². The second kappa shape index (κ2) is 26.7. The number of rotatable bonds is 34. The normalized spacial score (nSPS) is 15.6. The second-order valence-electron chi connectivity index (χ2n) is 20.1. The number of carbonyl (C=O) groups excluding carboxylic acids is 2. The van der Waals surface area contributed by atoms with Crippen molar-refractivity contribution in [1.82, 2.24) is 0 Å². The molecule has 0 aromatic heterocycles. The molecule has 58 heavy (non-hydrogen) atoms. The van der Waals surface area contributed by atoms with Crippen LogP contribution in [0.2, 0.25) is 104 Å². The standard InChI is InChI=1S/C39H87O12PSi6/c1-53(2,3)48-57(11,12)50-55(7,8)33-27-23-19-15-17-21-25-29-38(40)43-35-37(47-52(42)45-31-32-46-52)36-44-39(41)30-26-22-18-16-20-24-28-34-56(9,10)51-58(13,14)49-54(4,5)6/h37H,15-36H2,1-14H3. The maximum atomic E-state index is 12.7. The molecule has 0 unspecified atom stereocenters. The molecule has 0 atom stereocenters. The smallest absolute Gasteiger partial charge is 0.463 e. The van der Waals surface area contributed by atoms with Crippen molar-refractivity contribution in [3.05, 3.63) is 0 Å². The fraction of sp³-hybridized carbons (Fsp3) is 0.949. The number of esters is 2. The Morgan fingerprint density at radius 2 is 0.793 bits per heavy atom. The van der Waals surface area contributed by atoms with Gasteiger partial charge in [-0.1, -0.05) is 77.0 Å². The molecule has 1 heterocycles. The topological polar surface area (TPSA) is 134 Å². The van der Waals surface area contributed by atoms with Gasteiger partial charge in [-0.2, -0.15) is 0 Å². The number of hydrogen-bond donors (Lipinski definition) is 0. The predicted octanol–water partition coefficient (Wildman–Crippen LogP) is 12.4. The molecular weight excluding hydrogens is 860 g/mol. The van der Waals surface area contributed by atoms with Gasteiger partial charge >= 0.3 is 36.9 Å². The van der Waals surface area contributed by atoms with Crippen LogP contribution in [0.3, 0.4) is 0 Å². The van der Waals surface area contributed by atoms with Gasteiger partial charge in [-0.25, -0.2) is 4.57 Å². The van der Waals surface area contributed by atoms with E-state index >= 15 is 0 Å². The van der Waals surface area contributed by atoms with E-state index in [0.717, 1.165) is 63.5 Å². The van der Waals surface area contributed by atoms with E-state index in [0.29, 0.717) is 0 Å². The summed E-state index contributed by atoms with van der Waals surface area (Å²) in [6.07, 6.45) is 14.5. The molecule has 12 nitrogen and oxygen atoms in total. The van der Waals surface area contributed by atoms with Gasteiger partial charge in [-0.05, 0) is 117 Å². The Hall–Kier alpha value is 0.191. The first-order valence-corrected chi connectivity index (χ1v) is 42.4. The molecule has 0 amide bonds. The first-order chi connectivity index (χ1) is 26.6. The molecule has 1 saturated heterocycles. The second-order valence-corrected chi connectivity index (χ2v) is 47.1. The molecule has 0 radical (unpaired) electrons. The van der Waals surface area contributed by atoms with Crippen molar-refractivity contribution in [3.8, 4) is 0 Å². The molecule has 344 valence electrons. The molecular formula is C39H87O12PSi6. The van der Waals surface area contributed by atoms with Crippen LogP contribution >= 0.6 is 7.82 Å². The molecule has 0 aromatic carbocycles. The molecule has 0 aromatic rings. The minimum atomic E-state index is -3.78. The van der Waals surface area contributed by atoms with E-state index in [1.807, 2.05) is 0 Å². The van der Waals surface area contributed by atoms with Crippen LogP contribution in [0.5, 0.6) is 0 Å². The van der Waals surface area contributed by atoms with Crippen molar-refractivity contribution in [3.63, 3.8) is 0 Å². The van der Waals surface area contributed by atoms with E-state index in [1.165, 1.54) is 38.5 Å². The van der Waals surface area contributed by atoms with Crippen molar-refractivity contribution in [2.45, 2.75) is 213 Å². The van der Waals surface area contributed by atoms with Crippen LogP contribution in [0.1, 0.15) is 103 Å². The molecule has 0 bridgehead atoms. The van der Waals surface area contributed by atoms with Gasteiger partial charge in [0, 0.05) is 12.8 Å². The SMILES string of the molecule is C[Si](C)(C)O[Si](C)(C)O[Si](C)(C)CCCCCCCCCC(=O)OCC(COC(=O)CCCCCCCCC[Si](C)(C)O[Si](C)(C)O[Si](C)(C)C)OP1(=O)OCCO1. The van der Waals surface area contributed by atoms with Gasteiger partial charge in [0.05, 0.1) is 13.2 Å². The monoisotopic (exact) mass is 946 g/mol. The van der Waals surface area contributed by atoms with Crippen LogP contribution in [0, 0.1) is 0 Å². The number of ether oxygens (including phenoxy) is 2. The van der Waals surface area contributed by atoms with E-state index in [4.69, 9.17) is 39.5 Å². The minimum absolute atomic E-state index is 0.147. The fourth-order valence-electron chi connectivity index (χ4n) is 7.56. The summed E-state index contributed by atoms with van der Waals surface area (Å²) in [6, 6.07) is 2.30. The third-order valence-electron chi connectivity index (χ3n) is 9.19. The summed E-state index contributed by atoms with van der Waals surface area (Å²) in [4.78, 5) is 25.1. The highest BCUT2D eigenvalue weighted by Gasteiger charge is 2.39. The van der Waals surface area contributed by atoms with E-state index in [-0.39, 0.29) is 51.2 Å². The van der Waals surface area contributed by atoms with E-state index in [1.54, 1.807) is 0 Å². The van der Waals surface area contributed by atoms with Crippen molar-refractivity contribution in [1.29, 1.82) is 0 Å². The first kappa shape index (κ1) is 56.2. The van der Waals surface area contributed by atoms with Crippen LogP contribution in [0.15, 0.2) is 0 Å². The summed E-state index contributed by atoms with van der Waals surface area (Å²) >= 11 is 0. The molecule has 1 aliphatic heterocycles. The molecule has 19 heteroatoms. The van der Waals surface area contributed by atoms with Crippen LogP contribution in [-0.4, -0.2) is 94.9 Å². The number of carbonyl (C=O) groups is 2. The van der Waals surface area contributed by atoms with E-state index in [2.05, 4.69) is 91.7 Å². The Balaban J connectivity index is 2.25. The third kappa shape index (κ3) is 31.1. The Labute approximate surface area is 361 Å². The summed E-state index contributed by atoms with van der Waals surface area (Å²) in [5.41, 5.74) is 0. The zero-order chi connectivity index (χ0) is 44.2. The first-order valence-electron chi connectivity index (χ1n) is 22.3. The molecule has 1 aliphatic rings. The maximum absolute atomic E-state index is 12.7. The molecule has 0 saturated carbocycles. The predicted molar refractivity (Wildman–Crippen MR) is 251 cm³/mol. The van der Waals surface area contributed by atoms with Gasteiger partial charge in [-0.3, -0.25) is 23.2 Å². The Morgan fingerprint density at radius 3 is 1.12 bits per heavy atom. The lowest BCUT2D eigenvalue weighted by Crippen LogP contribution is -2.51. The number of phosphoric acid groups is 1. The van der Waals surface area contributed by atoms with Gasteiger partial charge in [0.15, 0.2) is 33.3 Å². The summed E-state index contributed by atoms with van der Waals surface area (Å²) in [7, 11) is -14.7. The molecule has 1 rings (SSSR count). The van der Waals surface area contributed by atoms with Crippen LogP contribution < -0.4 is 0 Å². The summed E-state index contributed by atoms with van der Waals surface area (Å²) in [6.45, 7) is 31.2. The lowest BCUT2D eigenvalue weighted by Gasteiger charge is -2.37. The molecule has 0 N–H and O–H groups in total. The average molecular weight is 948 g/mol. The van der Waals surface area contributed by atoms with Gasteiger partial charge in [-0.15, -0.1) is 0 Å². The Bertz CT molecular complexity index is 1140. The summed E-state index contributed by atoms with van der Waals surface area (Å²) in [5.74, 6) is -0.722. The lowest BCUT2D eigenvalue weighted by atomic mass is 10.1. The zero-order valence-electron chi connectivity index (χ0n) is 39.5. The highest BCUT2D eigenvalue weighted by Crippen LogP contribution is 2.53. The highest BCUT2D eigenvalue weighted by atomic mass is 31.2. The maximum Gasteiger partial charge on any atom is 0.475 e. The van der Waals surface area contributed by atoms with Crippen LogP contribution in [0.4, 0.5) is 0 Å². The van der Waals surface area contributed by atoms with Gasteiger partial charge in [0.2, 0.25) is 0 Å². The Morgan fingerprint density at radius 1 is 0.483 bits per heavy atom. The molecule has 0 spiro atoms. The van der Waals surface area contributed by atoms with Crippen molar-refractivity contribution < 1.29 is 53.7 Å². The van der Waals surface area contributed by atoms with Crippen LogP contribution in [-0.2, 0) is 53.7 Å². The van der Waals surface area contributed by atoms with Crippen molar-refractivity contribution >= 4 is 70.2 Å². The van der Waals surface area contributed by atoms with E-state index < -0.39 is 64.3 Å². The molecule has 1 fully saturated rings. The van der Waals surface area contributed by atoms with E-state index in [9.17, 15) is 14.2 Å². The minimum Gasteiger partial charge on any atom is -0.463 e. The summed E-state index contributed by atoms with van der Waals surface area (Å²) in [5, 5.41) is 0. The van der Waals surface area contributed by atoms with Crippen LogP contribution in [0.25, 0.3) is 0 Å². The quantitative estimate of drug-likeness (QED) is 0.0263. The molecule has 0 aliphatic carbocycles. The highest BCUT2D eigenvalue weighted by molar-refractivity contribution is 7.48. The van der Waals surface area contributed by atoms with Gasteiger partial charge in [0.25, 0.3) is 0 Å². The Kier molecular flexibility index (Phi) is 25.9. The van der Waals surface area contributed by atoms with Crippen molar-refractivity contribution in [2.75, 3.05) is 26.4 Å². The van der Waals surface area contributed by atoms with Gasteiger partial charge < -0.3 is 25.9 Å². The summed E-state index contributed by atoms with van der Waals surface area (Å²) < 4.78 is 65.5. The average Bonchev–Trinajstić information content (AvgIpc) is 3.46. The number of hydrogen-bond acceptors (Lipinski definition) is 12.